The number of fused-ring (bicyclic) bond motifs is 9. The van der Waals surface area contributed by atoms with Crippen LogP contribution < -0.4 is 0 Å². The molecule has 10 rings (SSSR count). The molecule has 1 aliphatic heterocycles. The Hall–Kier alpha value is -4.15. The fourth-order valence-electron chi connectivity index (χ4n) is 12.6. The third-order valence-electron chi connectivity index (χ3n) is 14.5. The molecule has 4 nitrogen and oxygen atoms in total. The smallest absolute Gasteiger partial charge is 0.164 e. The van der Waals surface area contributed by atoms with E-state index in [1.54, 1.807) is 5.56 Å². The number of rotatable bonds is 4. The molecule has 10 unspecified atom stereocenters. The molecule has 270 valence electrons. The topological polar surface area (TPSA) is 47.9 Å². The fraction of sp³-hybridized carbons (Fsp3) is 0.449. The van der Waals surface area contributed by atoms with Gasteiger partial charge in [-0.05, 0) is 127 Å². The van der Waals surface area contributed by atoms with Crippen LogP contribution in [0, 0.1) is 47.3 Å². The molecule has 10 atom stereocenters. The molecule has 4 heteroatoms. The molecule has 4 aliphatic carbocycles. The van der Waals surface area contributed by atoms with Crippen molar-refractivity contribution >= 4 is 0 Å². The zero-order chi connectivity index (χ0) is 35.9. The standard InChI is InChI=1S/C49H53N3O/c1-30-21-34-25-32(3)48(41(23-30)27-34)43-20-19-40(29-44(43)49(53-48)33(4)26-35-22-31(2)24-42(49)28-35)36-15-17-39(18-16-36)47-51-45(37-11-7-5-8-12-37)50-46(52-47)38-13-9-6-10-14-38/h5-20,29-35,41-42H,21-28H2,1-4H3. The Morgan fingerprint density at radius 3 is 1.38 bits per heavy atom. The van der Waals surface area contributed by atoms with Crippen LogP contribution in [0.2, 0.25) is 0 Å². The van der Waals surface area contributed by atoms with E-state index in [4.69, 9.17) is 19.7 Å². The first kappa shape index (κ1) is 33.4. The summed E-state index contributed by atoms with van der Waals surface area (Å²) in [7, 11) is 0. The van der Waals surface area contributed by atoms with Crippen LogP contribution >= 0.6 is 0 Å². The molecule has 0 amide bonds. The monoisotopic (exact) mass is 699 g/mol. The summed E-state index contributed by atoms with van der Waals surface area (Å²) in [6, 6.07) is 36.9. The Morgan fingerprint density at radius 2 is 0.868 bits per heavy atom. The van der Waals surface area contributed by atoms with Gasteiger partial charge in [-0.2, -0.15) is 0 Å². The van der Waals surface area contributed by atoms with Crippen molar-refractivity contribution in [2.24, 2.45) is 47.3 Å². The first-order chi connectivity index (χ1) is 25.8. The quantitative estimate of drug-likeness (QED) is 0.187. The predicted octanol–water partition coefficient (Wildman–Crippen LogP) is 12.1. The molecule has 5 aromatic rings. The maximum Gasteiger partial charge on any atom is 0.164 e. The molecule has 0 saturated heterocycles. The van der Waals surface area contributed by atoms with Crippen molar-refractivity contribution in [3.05, 3.63) is 114 Å². The lowest BCUT2D eigenvalue weighted by Gasteiger charge is -2.57. The molecule has 2 spiro atoms. The Labute approximate surface area is 315 Å². The number of nitrogens with zero attached hydrogens (tertiary/aromatic N) is 3. The average Bonchev–Trinajstić information content (AvgIpc) is 3.49. The largest absolute Gasteiger partial charge is 0.358 e. The number of benzene rings is 4. The molecule has 4 aromatic carbocycles. The van der Waals surface area contributed by atoms with Crippen molar-refractivity contribution < 1.29 is 4.74 Å². The normalized spacial score (nSPS) is 34.3. The summed E-state index contributed by atoms with van der Waals surface area (Å²) in [6.45, 7) is 10.1. The van der Waals surface area contributed by atoms with Crippen molar-refractivity contribution in [2.45, 2.75) is 90.3 Å². The second kappa shape index (κ2) is 12.7. The second-order valence-corrected chi connectivity index (χ2v) is 18.1. The van der Waals surface area contributed by atoms with Crippen LogP contribution in [-0.4, -0.2) is 15.0 Å². The summed E-state index contributed by atoms with van der Waals surface area (Å²) < 4.78 is 8.12. The van der Waals surface area contributed by atoms with Crippen LogP contribution in [0.5, 0.6) is 0 Å². The van der Waals surface area contributed by atoms with Crippen molar-refractivity contribution in [1.82, 2.24) is 15.0 Å². The van der Waals surface area contributed by atoms with E-state index < -0.39 is 0 Å². The van der Waals surface area contributed by atoms with Crippen molar-refractivity contribution in [3.8, 4) is 45.3 Å². The molecule has 4 saturated carbocycles. The van der Waals surface area contributed by atoms with E-state index in [1.807, 2.05) is 36.4 Å². The van der Waals surface area contributed by atoms with Gasteiger partial charge in [-0.1, -0.05) is 125 Å². The van der Waals surface area contributed by atoms with Gasteiger partial charge in [0, 0.05) is 16.7 Å². The van der Waals surface area contributed by atoms with Crippen LogP contribution in [0.15, 0.2) is 103 Å². The van der Waals surface area contributed by atoms with Crippen LogP contribution in [-0.2, 0) is 15.9 Å². The lowest BCUT2D eigenvalue weighted by atomic mass is 9.55. The van der Waals surface area contributed by atoms with Crippen LogP contribution in [0.1, 0.15) is 90.2 Å². The highest BCUT2D eigenvalue weighted by Gasteiger charge is 2.66. The summed E-state index contributed by atoms with van der Waals surface area (Å²) in [5.41, 5.74) is 8.18. The van der Waals surface area contributed by atoms with Gasteiger partial charge in [0.2, 0.25) is 0 Å². The van der Waals surface area contributed by atoms with Crippen molar-refractivity contribution in [3.63, 3.8) is 0 Å². The van der Waals surface area contributed by atoms with E-state index in [0.29, 0.717) is 41.1 Å². The Bertz CT molecular complexity index is 2070. The van der Waals surface area contributed by atoms with Gasteiger partial charge in [-0.15, -0.1) is 0 Å². The van der Waals surface area contributed by atoms with Crippen LogP contribution in [0.4, 0.5) is 0 Å². The maximum atomic E-state index is 8.12. The summed E-state index contributed by atoms with van der Waals surface area (Å²) in [5, 5.41) is 0. The van der Waals surface area contributed by atoms with E-state index in [-0.39, 0.29) is 11.2 Å². The van der Waals surface area contributed by atoms with E-state index in [0.717, 1.165) is 40.4 Å². The van der Waals surface area contributed by atoms with Crippen molar-refractivity contribution in [1.29, 1.82) is 0 Å². The minimum absolute atomic E-state index is 0.170. The predicted molar refractivity (Wildman–Crippen MR) is 214 cm³/mol. The molecule has 5 aliphatic rings. The van der Waals surface area contributed by atoms with E-state index in [2.05, 4.69) is 94.4 Å². The number of aromatic nitrogens is 3. The highest BCUT2D eigenvalue weighted by molar-refractivity contribution is 5.72. The fourth-order valence-corrected chi connectivity index (χ4v) is 12.6. The van der Waals surface area contributed by atoms with Crippen molar-refractivity contribution in [2.75, 3.05) is 0 Å². The zero-order valence-electron chi connectivity index (χ0n) is 31.8. The van der Waals surface area contributed by atoms with E-state index in [9.17, 15) is 0 Å². The molecule has 2 heterocycles. The number of hydrogen-bond donors (Lipinski definition) is 0. The Morgan fingerprint density at radius 1 is 0.434 bits per heavy atom. The van der Waals surface area contributed by atoms with Gasteiger partial charge >= 0.3 is 0 Å². The highest BCUT2D eigenvalue weighted by atomic mass is 16.5. The number of hydrogen-bond acceptors (Lipinski definition) is 4. The molecular weight excluding hydrogens is 647 g/mol. The van der Waals surface area contributed by atoms with Gasteiger partial charge in [0.15, 0.2) is 17.5 Å². The van der Waals surface area contributed by atoms with E-state index in [1.165, 1.54) is 68.1 Å². The molecular formula is C49H53N3O. The lowest BCUT2D eigenvalue weighted by Crippen LogP contribution is -2.55. The summed E-state index contributed by atoms with van der Waals surface area (Å²) in [4.78, 5) is 14.9. The first-order valence-corrected chi connectivity index (χ1v) is 20.6. The molecule has 1 aromatic heterocycles. The van der Waals surface area contributed by atoms with Crippen LogP contribution in [0.25, 0.3) is 45.3 Å². The van der Waals surface area contributed by atoms with Gasteiger partial charge < -0.3 is 4.74 Å². The summed E-state index contributed by atoms with van der Waals surface area (Å²) >= 11 is 0. The minimum Gasteiger partial charge on any atom is -0.358 e. The number of ether oxygens (including phenoxy) is 1. The summed E-state index contributed by atoms with van der Waals surface area (Å²) in [6.07, 6.45) is 10.6. The third-order valence-corrected chi connectivity index (χ3v) is 14.5. The second-order valence-electron chi connectivity index (χ2n) is 18.1. The van der Waals surface area contributed by atoms with Gasteiger partial charge in [-0.3, -0.25) is 0 Å². The van der Waals surface area contributed by atoms with Crippen LogP contribution in [0.3, 0.4) is 0 Å². The van der Waals surface area contributed by atoms with Gasteiger partial charge in [0.25, 0.3) is 0 Å². The third kappa shape index (κ3) is 5.37. The van der Waals surface area contributed by atoms with Gasteiger partial charge in [-0.25, -0.2) is 15.0 Å². The highest BCUT2D eigenvalue weighted by Crippen LogP contribution is 2.69. The molecule has 53 heavy (non-hydrogen) atoms. The minimum atomic E-state index is -0.204. The molecule has 0 radical (unpaired) electrons. The summed E-state index contributed by atoms with van der Waals surface area (Å²) in [5.74, 6) is 7.56. The molecule has 4 fully saturated rings. The van der Waals surface area contributed by atoms with E-state index >= 15 is 0 Å². The Balaban J connectivity index is 1.06. The Kier molecular flexibility index (Phi) is 8.02. The van der Waals surface area contributed by atoms with Gasteiger partial charge in [0.1, 0.15) is 11.2 Å². The first-order valence-electron chi connectivity index (χ1n) is 20.6. The SMILES string of the molecule is CC1CC2CC(C)C3(OC4(c5cc(-c6ccc(-c7nc(-c8ccccc8)nc(-c8ccccc8)n7)cc6)ccc53)C(C)CC3CC(C)CC4C3)C(C1)C2. The zero-order valence-corrected chi connectivity index (χ0v) is 31.8. The molecule has 4 bridgehead atoms. The van der Waals surface area contributed by atoms with Gasteiger partial charge in [0.05, 0.1) is 0 Å². The maximum absolute atomic E-state index is 8.12. The average molecular weight is 700 g/mol. The molecule has 0 N–H and O–H groups in total. The lowest BCUT2D eigenvalue weighted by molar-refractivity contribution is -0.272.